The van der Waals surface area contributed by atoms with Gasteiger partial charge in [0, 0.05) is 33.4 Å². The number of halogens is 1. The molecule has 0 bridgehead atoms. The van der Waals surface area contributed by atoms with Gasteiger partial charge in [-0.2, -0.15) is 0 Å². The Hall–Kier alpha value is -0.680. The minimum Gasteiger partial charge on any atom is -0.312 e. The average Bonchev–Trinajstić information content (AvgIpc) is 3.12. The lowest BCUT2D eigenvalue weighted by atomic mass is 10.1. The fraction of sp³-hybridized carbons (Fsp3) is 0.474. The van der Waals surface area contributed by atoms with Crippen LogP contribution in [0.1, 0.15) is 24.1 Å². The first-order valence-corrected chi connectivity index (χ1v) is 10.2. The highest BCUT2D eigenvalue weighted by atomic mass is 79.9. The van der Waals surface area contributed by atoms with Gasteiger partial charge in [-0.15, -0.1) is 11.3 Å². The van der Waals surface area contributed by atoms with Gasteiger partial charge in [-0.25, -0.2) is 0 Å². The van der Waals surface area contributed by atoms with Crippen LogP contribution in [0.5, 0.6) is 0 Å². The molecule has 4 heteroatoms. The third-order valence-electron chi connectivity index (χ3n) is 4.90. The first-order chi connectivity index (χ1) is 11.3. The van der Waals surface area contributed by atoms with Crippen molar-refractivity contribution >= 4 is 27.3 Å². The number of benzene rings is 1. The molecule has 2 fully saturated rings. The molecule has 1 aliphatic heterocycles. The van der Waals surface area contributed by atoms with Gasteiger partial charge < -0.3 is 10.2 Å². The number of likely N-dealkylation sites (tertiary alicyclic amines) is 1. The van der Waals surface area contributed by atoms with Crippen molar-refractivity contribution < 1.29 is 0 Å². The predicted octanol–water partition coefficient (Wildman–Crippen LogP) is 4.75. The molecular formula is C19H23BrN2S. The molecule has 1 saturated carbocycles. The summed E-state index contributed by atoms with van der Waals surface area (Å²) in [6.45, 7) is 4.80. The number of hydrogen-bond donors (Lipinski definition) is 1. The second kappa shape index (κ2) is 7.06. The Morgan fingerprint density at radius 2 is 1.91 bits per heavy atom. The van der Waals surface area contributed by atoms with E-state index in [1.54, 1.807) is 0 Å². The normalized spacial score (nSPS) is 21.9. The average molecular weight is 391 g/mol. The Balaban J connectivity index is 1.26. The Bertz CT molecular complexity index is 648. The van der Waals surface area contributed by atoms with Gasteiger partial charge in [-0.05, 0) is 68.1 Å². The van der Waals surface area contributed by atoms with Crippen LogP contribution < -0.4 is 5.32 Å². The zero-order valence-electron chi connectivity index (χ0n) is 13.3. The smallest absolute Gasteiger partial charge is 0.0346 e. The molecule has 2 heterocycles. The highest BCUT2D eigenvalue weighted by molar-refractivity contribution is 9.10. The summed E-state index contributed by atoms with van der Waals surface area (Å²) in [5.74, 6) is 0.849. The molecule has 1 aromatic heterocycles. The third kappa shape index (κ3) is 4.05. The van der Waals surface area contributed by atoms with E-state index in [9.17, 15) is 0 Å². The summed E-state index contributed by atoms with van der Waals surface area (Å²) in [6, 6.07) is 14.0. The second-order valence-electron chi connectivity index (χ2n) is 6.78. The predicted molar refractivity (Wildman–Crippen MR) is 102 cm³/mol. The van der Waals surface area contributed by atoms with Gasteiger partial charge >= 0.3 is 0 Å². The van der Waals surface area contributed by atoms with Crippen LogP contribution in [0.15, 0.2) is 40.9 Å². The summed E-state index contributed by atoms with van der Waals surface area (Å²) in [5, 5.41) is 3.67. The molecule has 2 aliphatic rings. The first kappa shape index (κ1) is 15.8. The number of rotatable bonds is 6. The zero-order valence-corrected chi connectivity index (χ0v) is 15.7. The first-order valence-electron chi connectivity index (χ1n) is 8.57. The van der Waals surface area contributed by atoms with Gasteiger partial charge in [0.05, 0.1) is 0 Å². The van der Waals surface area contributed by atoms with Crippen LogP contribution in [0.2, 0.25) is 0 Å². The lowest BCUT2D eigenvalue weighted by Gasteiger charge is -2.14. The molecule has 23 heavy (non-hydrogen) atoms. The Kier molecular flexibility index (Phi) is 4.86. The number of thiophene rings is 1. The summed E-state index contributed by atoms with van der Waals surface area (Å²) >= 11 is 5.40. The second-order valence-corrected chi connectivity index (χ2v) is 8.87. The molecule has 1 aromatic carbocycles. The van der Waals surface area contributed by atoms with Crippen molar-refractivity contribution in [3.63, 3.8) is 0 Å². The molecule has 0 radical (unpaired) electrons. The third-order valence-corrected chi connectivity index (χ3v) is 6.57. The van der Waals surface area contributed by atoms with Gasteiger partial charge in [0.25, 0.3) is 0 Å². The molecule has 1 N–H and O–H groups in total. The minimum atomic E-state index is 0.849. The number of nitrogens with one attached hydrogen (secondary N) is 1. The van der Waals surface area contributed by atoms with E-state index >= 15 is 0 Å². The topological polar surface area (TPSA) is 15.3 Å². The standard InChI is InChI=1S/C19H23BrN2S/c20-16-3-1-15(2-4-16)19-8-7-18(23-19)12-21-11-14-9-10-22(13-14)17-5-6-17/h1-4,7-8,14,17,21H,5-6,9-13H2. The van der Waals surface area contributed by atoms with Crippen LogP contribution >= 0.6 is 27.3 Å². The molecule has 122 valence electrons. The summed E-state index contributed by atoms with van der Waals surface area (Å²) in [6.07, 6.45) is 4.25. The van der Waals surface area contributed by atoms with Crippen LogP contribution in [0.4, 0.5) is 0 Å². The minimum absolute atomic E-state index is 0.849. The monoisotopic (exact) mass is 390 g/mol. The van der Waals surface area contributed by atoms with Crippen LogP contribution in [0.25, 0.3) is 10.4 Å². The van der Waals surface area contributed by atoms with Crippen molar-refractivity contribution in [3.05, 3.63) is 45.7 Å². The number of nitrogens with zero attached hydrogens (tertiary/aromatic N) is 1. The van der Waals surface area contributed by atoms with Gasteiger partial charge in [-0.1, -0.05) is 28.1 Å². The van der Waals surface area contributed by atoms with Crippen molar-refractivity contribution in [3.8, 4) is 10.4 Å². The van der Waals surface area contributed by atoms with E-state index in [-0.39, 0.29) is 0 Å². The lowest BCUT2D eigenvalue weighted by Crippen LogP contribution is -2.27. The van der Waals surface area contributed by atoms with Crippen molar-refractivity contribution in [1.82, 2.24) is 10.2 Å². The van der Waals surface area contributed by atoms with E-state index in [1.165, 1.54) is 47.7 Å². The molecule has 2 aromatic rings. The van der Waals surface area contributed by atoms with Crippen LogP contribution in [-0.2, 0) is 6.54 Å². The molecule has 2 nitrogen and oxygen atoms in total. The largest absolute Gasteiger partial charge is 0.312 e. The Morgan fingerprint density at radius 3 is 2.70 bits per heavy atom. The maximum atomic E-state index is 3.67. The van der Waals surface area contributed by atoms with E-state index < -0.39 is 0 Å². The maximum absolute atomic E-state index is 3.67. The summed E-state index contributed by atoms with van der Waals surface area (Å²) in [5.41, 5.74) is 1.31. The molecule has 1 aliphatic carbocycles. The van der Waals surface area contributed by atoms with Crippen molar-refractivity contribution in [2.45, 2.75) is 31.8 Å². The van der Waals surface area contributed by atoms with Crippen LogP contribution in [-0.4, -0.2) is 30.6 Å². The Morgan fingerprint density at radius 1 is 1.09 bits per heavy atom. The van der Waals surface area contributed by atoms with E-state index in [0.29, 0.717) is 0 Å². The highest BCUT2D eigenvalue weighted by Gasteiger charge is 2.33. The van der Waals surface area contributed by atoms with E-state index in [4.69, 9.17) is 0 Å². The van der Waals surface area contributed by atoms with Crippen molar-refractivity contribution in [2.75, 3.05) is 19.6 Å². The summed E-state index contributed by atoms with van der Waals surface area (Å²) in [7, 11) is 0. The molecule has 0 spiro atoms. The highest BCUT2D eigenvalue weighted by Crippen LogP contribution is 2.32. The summed E-state index contributed by atoms with van der Waals surface area (Å²) < 4.78 is 1.14. The molecular weight excluding hydrogens is 368 g/mol. The maximum Gasteiger partial charge on any atom is 0.0346 e. The van der Waals surface area contributed by atoms with Crippen LogP contribution in [0.3, 0.4) is 0 Å². The fourth-order valence-corrected chi connectivity index (χ4v) is 4.69. The van der Waals surface area contributed by atoms with Crippen LogP contribution in [0, 0.1) is 5.92 Å². The quantitative estimate of drug-likeness (QED) is 0.765. The van der Waals surface area contributed by atoms with E-state index in [2.05, 4.69) is 62.5 Å². The fourth-order valence-electron chi connectivity index (χ4n) is 3.44. The lowest BCUT2D eigenvalue weighted by molar-refractivity contribution is 0.312. The van der Waals surface area contributed by atoms with Crippen molar-refractivity contribution in [1.29, 1.82) is 0 Å². The molecule has 0 amide bonds. The van der Waals surface area contributed by atoms with Gasteiger partial charge in [0.2, 0.25) is 0 Å². The van der Waals surface area contributed by atoms with E-state index in [1.807, 2.05) is 11.3 Å². The molecule has 1 saturated heterocycles. The zero-order chi connectivity index (χ0) is 15.6. The van der Waals surface area contributed by atoms with E-state index in [0.717, 1.165) is 29.5 Å². The number of hydrogen-bond acceptors (Lipinski definition) is 3. The molecule has 4 rings (SSSR count). The SMILES string of the molecule is Brc1ccc(-c2ccc(CNCC3CCN(C4CC4)C3)s2)cc1. The van der Waals surface area contributed by atoms with Gasteiger partial charge in [0.1, 0.15) is 0 Å². The molecule has 1 atom stereocenters. The summed E-state index contributed by atoms with van der Waals surface area (Å²) in [4.78, 5) is 5.48. The van der Waals surface area contributed by atoms with Gasteiger partial charge in [-0.3, -0.25) is 0 Å². The van der Waals surface area contributed by atoms with Crippen molar-refractivity contribution in [2.24, 2.45) is 5.92 Å². The molecule has 1 unspecified atom stereocenters. The Labute approximate surface area is 151 Å². The van der Waals surface area contributed by atoms with Gasteiger partial charge in [0.15, 0.2) is 0 Å².